The summed E-state index contributed by atoms with van der Waals surface area (Å²) >= 11 is 6.01. The molecule has 0 aliphatic carbocycles. The van der Waals surface area contributed by atoms with E-state index in [2.05, 4.69) is 10.3 Å². The molecule has 0 amide bonds. The quantitative estimate of drug-likeness (QED) is 0.760. The van der Waals surface area contributed by atoms with E-state index in [1.807, 2.05) is 0 Å². The summed E-state index contributed by atoms with van der Waals surface area (Å²) in [5.41, 5.74) is 0.744. The first-order valence-corrected chi connectivity index (χ1v) is 7.94. The number of hydrogen-bond acceptors (Lipinski definition) is 5. The van der Waals surface area contributed by atoms with Gasteiger partial charge in [-0.05, 0) is 23.8 Å². The van der Waals surface area contributed by atoms with Gasteiger partial charge in [0, 0.05) is 18.9 Å². The van der Waals surface area contributed by atoms with Crippen molar-refractivity contribution in [1.82, 2.24) is 4.98 Å². The Hall–Kier alpha value is -2.16. The highest BCUT2D eigenvalue weighted by molar-refractivity contribution is 7.89. The van der Waals surface area contributed by atoms with Gasteiger partial charge in [-0.3, -0.25) is 4.98 Å². The maximum atomic E-state index is 11.5. The second-order valence-corrected chi connectivity index (χ2v) is 6.31. The summed E-state index contributed by atoms with van der Waals surface area (Å²) in [5.74, 6) is -1.29. The van der Waals surface area contributed by atoms with Crippen LogP contribution in [0.1, 0.15) is 15.9 Å². The molecule has 1 aromatic carbocycles. The van der Waals surface area contributed by atoms with Gasteiger partial charge < -0.3 is 10.4 Å². The smallest absolute Gasteiger partial charge is 0.335 e. The highest BCUT2D eigenvalue weighted by Crippen LogP contribution is 2.31. The van der Waals surface area contributed by atoms with Gasteiger partial charge in [-0.1, -0.05) is 17.7 Å². The monoisotopic (exact) mass is 341 g/mol. The molecule has 0 bridgehead atoms. The third kappa shape index (κ3) is 3.73. The van der Waals surface area contributed by atoms with Crippen LogP contribution in [0.15, 0.2) is 41.6 Å². The number of primary sulfonamides is 1. The normalized spacial score (nSPS) is 11.2. The molecule has 2 aromatic rings. The summed E-state index contributed by atoms with van der Waals surface area (Å²) < 4.78 is 23.0. The van der Waals surface area contributed by atoms with E-state index >= 15 is 0 Å². The van der Waals surface area contributed by atoms with Crippen LogP contribution in [-0.4, -0.2) is 24.5 Å². The van der Waals surface area contributed by atoms with E-state index in [4.69, 9.17) is 21.8 Å². The van der Waals surface area contributed by atoms with E-state index in [9.17, 15) is 13.2 Å². The maximum absolute atomic E-state index is 11.5. The zero-order chi connectivity index (χ0) is 16.3. The van der Waals surface area contributed by atoms with Crippen molar-refractivity contribution in [2.75, 3.05) is 5.32 Å². The molecule has 0 fully saturated rings. The van der Waals surface area contributed by atoms with Crippen LogP contribution in [0.5, 0.6) is 0 Å². The van der Waals surface area contributed by atoms with Crippen molar-refractivity contribution in [2.24, 2.45) is 5.14 Å². The zero-order valence-electron chi connectivity index (χ0n) is 11.2. The summed E-state index contributed by atoms with van der Waals surface area (Å²) in [6, 6.07) is 5.71. The Labute approximate surface area is 131 Å². The molecule has 22 heavy (non-hydrogen) atoms. The van der Waals surface area contributed by atoms with Gasteiger partial charge in [-0.15, -0.1) is 0 Å². The minimum atomic E-state index is -4.14. The Morgan fingerprint density at radius 3 is 2.68 bits per heavy atom. The van der Waals surface area contributed by atoms with Crippen molar-refractivity contribution in [3.05, 3.63) is 52.8 Å². The summed E-state index contributed by atoms with van der Waals surface area (Å²) in [6.07, 6.45) is 3.23. The fourth-order valence-corrected chi connectivity index (χ4v) is 2.91. The summed E-state index contributed by atoms with van der Waals surface area (Å²) in [6.45, 7) is 0.292. The number of nitrogens with one attached hydrogen (secondary N) is 1. The third-order valence-corrected chi connectivity index (χ3v) is 4.25. The summed E-state index contributed by atoms with van der Waals surface area (Å²) in [5, 5.41) is 16.8. The topological polar surface area (TPSA) is 122 Å². The Balaban J connectivity index is 2.42. The number of carboxylic acids is 1. The highest BCUT2D eigenvalue weighted by Gasteiger charge is 2.20. The number of aromatic carboxylic acids is 1. The van der Waals surface area contributed by atoms with Gasteiger partial charge in [0.2, 0.25) is 10.0 Å². The minimum absolute atomic E-state index is 0.156. The molecular weight excluding hydrogens is 330 g/mol. The van der Waals surface area contributed by atoms with Crippen molar-refractivity contribution in [1.29, 1.82) is 0 Å². The molecular formula is C13H12ClN3O4S. The number of anilines is 1. The largest absolute Gasteiger partial charge is 0.478 e. The molecule has 0 aliphatic heterocycles. The van der Waals surface area contributed by atoms with Crippen LogP contribution < -0.4 is 10.5 Å². The minimum Gasteiger partial charge on any atom is -0.478 e. The van der Waals surface area contributed by atoms with Crippen molar-refractivity contribution in [3.63, 3.8) is 0 Å². The fourth-order valence-electron chi connectivity index (χ4n) is 1.76. The number of aromatic nitrogens is 1. The lowest BCUT2D eigenvalue weighted by Crippen LogP contribution is -2.15. The molecule has 0 radical (unpaired) electrons. The first kappa shape index (κ1) is 16.2. The van der Waals surface area contributed by atoms with E-state index in [-0.39, 0.29) is 16.3 Å². The van der Waals surface area contributed by atoms with E-state index in [0.29, 0.717) is 6.54 Å². The first-order chi connectivity index (χ1) is 10.3. The van der Waals surface area contributed by atoms with E-state index in [0.717, 1.165) is 11.6 Å². The number of nitrogens with two attached hydrogens (primary N) is 1. The molecule has 0 aliphatic rings. The Morgan fingerprint density at radius 2 is 2.14 bits per heavy atom. The van der Waals surface area contributed by atoms with Crippen molar-refractivity contribution < 1.29 is 18.3 Å². The second kappa shape index (κ2) is 6.30. The average molecular weight is 342 g/mol. The van der Waals surface area contributed by atoms with Gasteiger partial charge in [-0.25, -0.2) is 18.4 Å². The number of carbonyl (C=O) groups is 1. The molecule has 9 heteroatoms. The molecule has 116 valence electrons. The molecule has 0 unspecified atom stereocenters. The van der Waals surface area contributed by atoms with Gasteiger partial charge in [-0.2, -0.15) is 0 Å². The first-order valence-electron chi connectivity index (χ1n) is 6.01. The number of halogens is 1. The molecule has 7 nitrogen and oxygen atoms in total. The van der Waals surface area contributed by atoms with E-state index in [1.165, 1.54) is 6.07 Å². The molecule has 0 saturated carbocycles. The second-order valence-electron chi connectivity index (χ2n) is 4.40. The van der Waals surface area contributed by atoms with E-state index in [1.54, 1.807) is 24.5 Å². The van der Waals surface area contributed by atoms with Crippen LogP contribution in [0.25, 0.3) is 0 Å². The molecule has 0 spiro atoms. The predicted octanol–water partition coefficient (Wildman–Crippen LogP) is 1.69. The van der Waals surface area contributed by atoms with Crippen LogP contribution in [0.4, 0.5) is 5.69 Å². The standard InChI is InChI=1S/C13H12ClN3O4S/c14-12-10(17-7-8-2-1-3-16-6-8)4-9(13(18)19)5-11(12)22(15,20)21/h1-6,17H,7H2,(H,18,19)(H2,15,20,21). The van der Waals surface area contributed by atoms with Gasteiger partial charge in [0.15, 0.2) is 0 Å². The highest BCUT2D eigenvalue weighted by atomic mass is 35.5. The van der Waals surface area contributed by atoms with Crippen LogP contribution in [0.3, 0.4) is 0 Å². The molecule has 0 saturated heterocycles. The molecule has 1 heterocycles. The summed E-state index contributed by atoms with van der Waals surface area (Å²) in [7, 11) is -4.14. The lowest BCUT2D eigenvalue weighted by Gasteiger charge is -2.12. The third-order valence-electron chi connectivity index (χ3n) is 2.80. The number of sulfonamides is 1. The summed E-state index contributed by atoms with van der Waals surface area (Å²) in [4.78, 5) is 14.6. The average Bonchev–Trinajstić information content (AvgIpc) is 2.45. The van der Waals surface area contributed by atoms with E-state index < -0.39 is 20.9 Å². The number of carboxylic acid groups (broad SMARTS) is 1. The van der Waals surface area contributed by atoms with Gasteiger partial charge in [0.1, 0.15) is 4.90 Å². The number of benzene rings is 1. The Morgan fingerprint density at radius 1 is 1.41 bits per heavy atom. The number of rotatable bonds is 5. The fraction of sp³-hybridized carbons (Fsp3) is 0.0769. The Kier molecular flexibility index (Phi) is 4.65. The van der Waals surface area contributed by atoms with Crippen molar-refractivity contribution >= 4 is 33.3 Å². The molecule has 2 rings (SSSR count). The maximum Gasteiger partial charge on any atom is 0.335 e. The number of nitrogens with zero attached hydrogens (tertiary/aromatic N) is 1. The lowest BCUT2D eigenvalue weighted by atomic mass is 10.2. The molecule has 0 atom stereocenters. The number of pyridine rings is 1. The van der Waals surface area contributed by atoms with Gasteiger partial charge >= 0.3 is 5.97 Å². The number of hydrogen-bond donors (Lipinski definition) is 3. The molecule has 4 N–H and O–H groups in total. The van der Waals surface area contributed by atoms with Crippen molar-refractivity contribution in [2.45, 2.75) is 11.4 Å². The van der Waals surface area contributed by atoms with Crippen LogP contribution in [0, 0.1) is 0 Å². The van der Waals surface area contributed by atoms with Crippen molar-refractivity contribution in [3.8, 4) is 0 Å². The van der Waals surface area contributed by atoms with Gasteiger partial charge in [0.05, 0.1) is 16.3 Å². The molecule has 1 aromatic heterocycles. The van der Waals surface area contributed by atoms with Crippen LogP contribution >= 0.6 is 11.6 Å². The van der Waals surface area contributed by atoms with Crippen LogP contribution in [0.2, 0.25) is 5.02 Å². The van der Waals surface area contributed by atoms with Gasteiger partial charge in [0.25, 0.3) is 0 Å². The Bertz CT molecular complexity index is 810. The SMILES string of the molecule is NS(=O)(=O)c1cc(C(=O)O)cc(NCc2cccnc2)c1Cl. The predicted molar refractivity (Wildman–Crippen MR) is 81.3 cm³/mol. The van der Waals surface area contributed by atoms with Crippen LogP contribution in [-0.2, 0) is 16.6 Å². The lowest BCUT2D eigenvalue weighted by molar-refractivity contribution is 0.0696. The zero-order valence-corrected chi connectivity index (χ0v) is 12.7.